The van der Waals surface area contributed by atoms with Crippen LogP contribution in [0.15, 0.2) is 30.5 Å². The Kier molecular flexibility index (Phi) is 6.44. The van der Waals surface area contributed by atoms with Crippen molar-refractivity contribution in [2.24, 2.45) is 0 Å². The van der Waals surface area contributed by atoms with Crippen LogP contribution in [-0.2, 0) is 9.53 Å². The molecule has 0 unspecified atom stereocenters. The number of methoxy groups -OCH3 is 2. The normalized spacial score (nSPS) is 10.1. The molecule has 0 spiro atoms. The van der Waals surface area contributed by atoms with Crippen LogP contribution < -0.4 is 14.8 Å². The molecule has 1 heterocycles. The third-order valence-corrected chi connectivity index (χ3v) is 3.48. The summed E-state index contributed by atoms with van der Waals surface area (Å²) in [7, 11) is 2.92. The SMILES string of the molecule is COc1cc(OC)cc(C(=O)OCC(=O)Nc2ncc(Cl)cc2Cl)c1. The highest BCUT2D eigenvalue weighted by atomic mass is 35.5. The van der Waals surface area contributed by atoms with Crippen molar-refractivity contribution in [2.75, 3.05) is 26.1 Å². The number of anilines is 1. The standard InChI is InChI=1S/C16H14Cl2N2O5/c1-23-11-3-9(4-12(6-11)24-2)16(22)25-8-14(21)20-15-13(18)5-10(17)7-19-15/h3-7H,8H2,1-2H3,(H,19,20,21). The highest BCUT2D eigenvalue weighted by Gasteiger charge is 2.14. The van der Waals surface area contributed by atoms with Gasteiger partial charge in [0.15, 0.2) is 12.4 Å². The molecule has 132 valence electrons. The topological polar surface area (TPSA) is 86.8 Å². The Morgan fingerprint density at radius 1 is 1.08 bits per heavy atom. The smallest absolute Gasteiger partial charge is 0.338 e. The van der Waals surface area contributed by atoms with Crippen molar-refractivity contribution in [1.82, 2.24) is 4.98 Å². The second kappa shape index (κ2) is 8.55. The van der Waals surface area contributed by atoms with Gasteiger partial charge >= 0.3 is 5.97 Å². The summed E-state index contributed by atoms with van der Waals surface area (Å²) in [5.41, 5.74) is 0.187. The van der Waals surface area contributed by atoms with Crippen LogP contribution in [0.25, 0.3) is 0 Å². The molecule has 0 fully saturated rings. The number of benzene rings is 1. The van der Waals surface area contributed by atoms with Gasteiger partial charge in [-0.2, -0.15) is 0 Å². The van der Waals surface area contributed by atoms with Gasteiger partial charge in [-0.15, -0.1) is 0 Å². The van der Waals surface area contributed by atoms with Gasteiger partial charge in [-0.25, -0.2) is 9.78 Å². The molecule has 0 atom stereocenters. The first-order valence-electron chi connectivity index (χ1n) is 6.94. The van der Waals surface area contributed by atoms with Crippen LogP contribution in [0.5, 0.6) is 11.5 Å². The van der Waals surface area contributed by atoms with Gasteiger partial charge in [0, 0.05) is 12.3 Å². The molecule has 1 amide bonds. The van der Waals surface area contributed by atoms with Gasteiger partial charge in [0.2, 0.25) is 0 Å². The molecular weight excluding hydrogens is 371 g/mol. The summed E-state index contributed by atoms with van der Waals surface area (Å²) < 4.78 is 15.1. The molecule has 0 saturated heterocycles. The van der Waals surface area contributed by atoms with Crippen molar-refractivity contribution >= 4 is 40.9 Å². The Labute approximate surface area is 153 Å². The Morgan fingerprint density at radius 2 is 1.72 bits per heavy atom. The van der Waals surface area contributed by atoms with Crippen molar-refractivity contribution in [3.8, 4) is 11.5 Å². The van der Waals surface area contributed by atoms with Crippen LogP contribution in [0.1, 0.15) is 10.4 Å². The van der Waals surface area contributed by atoms with Crippen molar-refractivity contribution < 1.29 is 23.8 Å². The molecule has 0 radical (unpaired) electrons. The minimum absolute atomic E-state index is 0.121. The van der Waals surface area contributed by atoms with Crippen LogP contribution in [0, 0.1) is 0 Å². The number of esters is 1. The van der Waals surface area contributed by atoms with E-state index in [-0.39, 0.29) is 16.4 Å². The van der Waals surface area contributed by atoms with E-state index in [4.69, 9.17) is 37.4 Å². The lowest BCUT2D eigenvalue weighted by Crippen LogP contribution is -2.21. The van der Waals surface area contributed by atoms with Gasteiger partial charge in [0.25, 0.3) is 5.91 Å². The maximum absolute atomic E-state index is 12.1. The maximum atomic E-state index is 12.1. The number of halogens is 2. The van der Waals surface area contributed by atoms with Crippen LogP contribution in [0.4, 0.5) is 5.82 Å². The Morgan fingerprint density at radius 3 is 2.28 bits per heavy atom. The van der Waals surface area contributed by atoms with E-state index in [1.165, 1.54) is 38.6 Å². The number of ether oxygens (including phenoxy) is 3. The second-order valence-corrected chi connectivity index (χ2v) is 5.55. The van der Waals surface area contributed by atoms with Crippen molar-refractivity contribution in [3.05, 3.63) is 46.1 Å². The fraction of sp³-hybridized carbons (Fsp3) is 0.188. The second-order valence-electron chi connectivity index (χ2n) is 4.71. The van der Waals surface area contributed by atoms with E-state index < -0.39 is 18.5 Å². The largest absolute Gasteiger partial charge is 0.497 e. The molecular formula is C16H14Cl2N2O5. The fourth-order valence-electron chi connectivity index (χ4n) is 1.81. The summed E-state index contributed by atoms with van der Waals surface area (Å²) >= 11 is 11.6. The van der Waals surface area contributed by atoms with Crippen LogP contribution >= 0.6 is 23.2 Å². The molecule has 25 heavy (non-hydrogen) atoms. The molecule has 1 aromatic heterocycles. The van der Waals surface area contributed by atoms with Crippen LogP contribution in [0.3, 0.4) is 0 Å². The van der Waals surface area contributed by atoms with Crippen molar-refractivity contribution in [1.29, 1.82) is 0 Å². The van der Waals surface area contributed by atoms with Gasteiger partial charge in [0.05, 0.1) is 29.8 Å². The minimum Gasteiger partial charge on any atom is -0.497 e. The first-order valence-corrected chi connectivity index (χ1v) is 7.69. The van der Waals surface area contributed by atoms with Gasteiger partial charge in [-0.05, 0) is 18.2 Å². The zero-order valence-electron chi connectivity index (χ0n) is 13.3. The molecule has 1 N–H and O–H groups in total. The van der Waals surface area contributed by atoms with E-state index in [0.29, 0.717) is 16.5 Å². The van der Waals surface area contributed by atoms with E-state index >= 15 is 0 Å². The maximum Gasteiger partial charge on any atom is 0.338 e. The minimum atomic E-state index is -0.706. The molecule has 0 aliphatic heterocycles. The van der Waals surface area contributed by atoms with Gasteiger partial charge in [0.1, 0.15) is 11.5 Å². The molecule has 0 bridgehead atoms. The first kappa shape index (κ1) is 18.8. The summed E-state index contributed by atoms with van der Waals surface area (Å²) in [6, 6.07) is 5.98. The molecule has 0 saturated carbocycles. The molecule has 1 aromatic carbocycles. The number of pyridine rings is 1. The number of aromatic nitrogens is 1. The van der Waals surface area contributed by atoms with E-state index in [0.717, 1.165) is 0 Å². The lowest BCUT2D eigenvalue weighted by molar-refractivity contribution is -0.119. The number of hydrogen-bond acceptors (Lipinski definition) is 6. The summed E-state index contributed by atoms with van der Waals surface area (Å²) in [4.78, 5) is 27.8. The number of nitrogens with zero attached hydrogens (tertiary/aromatic N) is 1. The summed E-state index contributed by atoms with van der Waals surface area (Å²) in [5.74, 6) is -0.335. The zero-order chi connectivity index (χ0) is 18.4. The number of nitrogens with one attached hydrogen (secondary N) is 1. The van der Waals surface area contributed by atoms with E-state index in [9.17, 15) is 9.59 Å². The molecule has 0 aliphatic rings. The van der Waals surface area contributed by atoms with E-state index in [2.05, 4.69) is 10.3 Å². The van der Waals surface area contributed by atoms with Crippen LogP contribution in [0.2, 0.25) is 10.0 Å². The van der Waals surface area contributed by atoms with Gasteiger partial charge in [-0.1, -0.05) is 23.2 Å². The third-order valence-electron chi connectivity index (χ3n) is 2.99. The lowest BCUT2D eigenvalue weighted by atomic mass is 10.2. The summed E-state index contributed by atoms with van der Waals surface area (Å²) in [6.07, 6.45) is 1.33. The van der Waals surface area contributed by atoms with Crippen molar-refractivity contribution in [2.45, 2.75) is 0 Å². The third kappa shape index (κ3) is 5.23. The summed E-state index contributed by atoms with van der Waals surface area (Å²) in [5, 5.41) is 2.93. The molecule has 9 heteroatoms. The predicted molar refractivity (Wildman–Crippen MR) is 92.7 cm³/mol. The predicted octanol–water partition coefficient (Wildman–Crippen LogP) is 3.20. The monoisotopic (exact) mass is 384 g/mol. The first-order chi connectivity index (χ1) is 11.9. The number of hydrogen-bond donors (Lipinski definition) is 1. The average molecular weight is 385 g/mol. The molecule has 2 rings (SSSR count). The number of rotatable bonds is 6. The molecule has 7 nitrogen and oxygen atoms in total. The number of carbonyl (C=O) groups excluding carboxylic acids is 2. The van der Waals surface area contributed by atoms with E-state index in [1.807, 2.05) is 0 Å². The number of amides is 1. The lowest BCUT2D eigenvalue weighted by Gasteiger charge is -2.09. The van der Waals surface area contributed by atoms with Crippen LogP contribution in [-0.4, -0.2) is 37.7 Å². The average Bonchev–Trinajstić information content (AvgIpc) is 2.61. The quantitative estimate of drug-likeness (QED) is 0.769. The zero-order valence-corrected chi connectivity index (χ0v) is 14.9. The Balaban J connectivity index is 1.98. The molecule has 0 aliphatic carbocycles. The van der Waals surface area contributed by atoms with Gasteiger partial charge in [-0.3, -0.25) is 4.79 Å². The Bertz CT molecular complexity index is 776. The number of carbonyl (C=O) groups is 2. The van der Waals surface area contributed by atoms with Gasteiger partial charge < -0.3 is 19.5 Å². The van der Waals surface area contributed by atoms with E-state index in [1.54, 1.807) is 6.07 Å². The summed E-state index contributed by atoms with van der Waals surface area (Å²) in [6.45, 7) is -0.515. The Hall–Kier alpha value is -2.51. The highest BCUT2D eigenvalue weighted by molar-refractivity contribution is 6.36. The molecule has 2 aromatic rings. The highest BCUT2D eigenvalue weighted by Crippen LogP contribution is 2.24. The fourth-order valence-corrected chi connectivity index (χ4v) is 2.24. The van der Waals surface area contributed by atoms with Crippen molar-refractivity contribution in [3.63, 3.8) is 0 Å².